The number of fused-ring (bicyclic) bond motifs is 1. The second kappa shape index (κ2) is 12.6. The molecule has 0 aromatic heterocycles. The van der Waals surface area contributed by atoms with Gasteiger partial charge in [-0.3, -0.25) is 19.3 Å². The average Bonchev–Trinajstić information content (AvgIpc) is 3.65. The molecule has 3 amide bonds. The molecule has 2 N–H and O–H groups in total. The van der Waals surface area contributed by atoms with E-state index in [1.54, 1.807) is 16.7 Å². The normalized spacial score (nSPS) is 37.0. The van der Waals surface area contributed by atoms with Gasteiger partial charge in [-0.1, -0.05) is 58.3 Å². The summed E-state index contributed by atoms with van der Waals surface area (Å²) < 4.78 is 6.59. The molecule has 1 aromatic rings. The van der Waals surface area contributed by atoms with Gasteiger partial charge in [0.05, 0.1) is 17.9 Å². The van der Waals surface area contributed by atoms with Crippen molar-refractivity contribution in [2.45, 2.75) is 100 Å². The molecule has 43 heavy (non-hydrogen) atoms. The van der Waals surface area contributed by atoms with Gasteiger partial charge in [0.25, 0.3) is 0 Å². The van der Waals surface area contributed by atoms with Gasteiger partial charge in [0.15, 0.2) is 0 Å². The van der Waals surface area contributed by atoms with Crippen LogP contribution >= 0.6 is 11.8 Å². The summed E-state index contributed by atoms with van der Waals surface area (Å²) in [6.07, 6.45) is 13.1. The van der Waals surface area contributed by atoms with Crippen molar-refractivity contribution in [2.75, 3.05) is 31.2 Å². The summed E-state index contributed by atoms with van der Waals surface area (Å²) >= 11 is 1.61. The summed E-state index contributed by atoms with van der Waals surface area (Å²) in [6.45, 7) is 8.90. The number of rotatable bonds is 9. The summed E-state index contributed by atoms with van der Waals surface area (Å²) in [5, 5.41) is 6.43. The second-order valence-corrected chi connectivity index (χ2v) is 14.3. The van der Waals surface area contributed by atoms with Crippen molar-refractivity contribution < 1.29 is 19.1 Å². The number of thioether (sulfide) groups is 1. The predicted molar refractivity (Wildman–Crippen MR) is 170 cm³/mol. The lowest BCUT2D eigenvalue weighted by Crippen LogP contribution is -2.58. The number of ether oxygens (including phenoxy) is 1. The molecular weight excluding hydrogens is 560 g/mol. The smallest absolute Gasteiger partial charge is 0.246 e. The highest BCUT2D eigenvalue weighted by atomic mass is 32.2. The van der Waals surface area contributed by atoms with Crippen LogP contribution in [0.2, 0.25) is 0 Å². The first-order chi connectivity index (χ1) is 20.8. The summed E-state index contributed by atoms with van der Waals surface area (Å²) in [4.78, 5) is 47.9. The number of carbonyl (C=O) groups is 3. The summed E-state index contributed by atoms with van der Waals surface area (Å²) in [6, 6.07) is 7.50. The second-order valence-electron chi connectivity index (χ2n) is 13.4. The van der Waals surface area contributed by atoms with E-state index in [0.29, 0.717) is 30.1 Å². The Hall–Kier alpha value is -2.36. The van der Waals surface area contributed by atoms with Gasteiger partial charge in [0, 0.05) is 35.8 Å². The van der Waals surface area contributed by atoms with Crippen LogP contribution in [0.25, 0.3) is 0 Å². The number of benzene rings is 1. The maximum absolute atomic E-state index is 14.4. The number of hydrogen-bond acceptors (Lipinski definition) is 6. The van der Waals surface area contributed by atoms with Crippen LogP contribution in [0.3, 0.4) is 0 Å². The van der Waals surface area contributed by atoms with Gasteiger partial charge < -0.3 is 20.3 Å². The van der Waals surface area contributed by atoms with Crippen molar-refractivity contribution in [3.8, 4) is 0 Å². The molecule has 1 spiro atoms. The van der Waals surface area contributed by atoms with Crippen LogP contribution in [0.4, 0.5) is 5.69 Å². The quantitative estimate of drug-likeness (QED) is 0.312. The molecule has 9 atom stereocenters. The molecule has 5 aliphatic rings. The third kappa shape index (κ3) is 5.54. The third-order valence-electron chi connectivity index (χ3n) is 11.1. The molecule has 2 bridgehead atoms. The van der Waals surface area contributed by atoms with Crippen molar-refractivity contribution in [3.05, 3.63) is 36.4 Å². The van der Waals surface area contributed by atoms with Gasteiger partial charge in [-0.15, -0.1) is 11.8 Å². The van der Waals surface area contributed by atoms with Gasteiger partial charge in [0.1, 0.15) is 11.6 Å². The molecule has 1 aliphatic carbocycles. The van der Waals surface area contributed by atoms with Gasteiger partial charge in [0.2, 0.25) is 17.7 Å². The fourth-order valence-corrected chi connectivity index (χ4v) is 8.99. The molecular formula is C34H48N4O4S. The Bertz CT molecular complexity index is 1260. The molecule has 0 radical (unpaired) electrons. The largest absolute Gasteiger partial charge is 0.359 e. The first-order valence-electron chi connectivity index (χ1n) is 16.4. The van der Waals surface area contributed by atoms with Gasteiger partial charge in [-0.05, 0) is 68.5 Å². The zero-order chi connectivity index (χ0) is 30.3. The first kappa shape index (κ1) is 30.7. The number of hydrogen-bond donors (Lipinski definition) is 2. The summed E-state index contributed by atoms with van der Waals surface area (Å²) in [5.41, 5.74) is -0.435. The molecule has 1 saturated carbocycles. The highest BCUT2D eigenvalue weighted by molar-refractivity contribution is 7.98. The minimum atomic E-state index is -1.13. The van der Waals surface area contributed by atoms with E-state index in [2.05, 4.69) is 36.3 Å². The van der Waals surface area contributed by atoms with E-state index in [-0.39, 0.29) is 23.8 Å². The van der Waals surface area contributed by atoms with Crippen LogP contribution in [0, 0.1) is 23.7 Å². The van der Waals surface area contributed by atoms with Crippen molar-refractivity contribution in [2.24, 2.45) is 23.7 Å². The number of likely N-dealkylation sites (tertiary alicyclic amines) is 2. The van der Waals surface area contributed by atoms with E-state index in [4.69, 9.17) is 4.74 Å². The Labute approximate surface area is 260 Å². The zero-order valence-electron chi connectivity index (χ0n) is 26.1. The Kier molecular flexibility index (Phi) is 8.96. The number of nitrogens with zero attached hydrogens (tertiary/aromatic N) is 2. The van der Waals surface area contributed by atoms with Gasteiger partial charge >= 0.3 is 0 Å². The molecule has 0 unspecified atom stereocenters. The molecule has 4 fully saturated rings. The van der Waals surface area contributed by atoms with E-state index >= 15 is 0 Å². The molecule has 9 heteroatoms. The molecule has 4 heterocycles. The fraction of sp³-hybridized carbons (Fsp3) is 0.676. The maximum atomic E-state index is 14.4. The van der Waals surface area contributed by atoms with Crippen LogP contribution < -0.4 is 10.6 Å². The van der Waals surface area contributed by atoms with Crippen molar-refractivity contribution in [1.29, 1.82) is 0 Å². The lowest BCUT2D eigenvalue weighted by Gasteiger charge is -2.39. The Morgan fingerprint density at radius 3 is 2.72 bits per heavy atom. The molecule has 6 rings (SSSR count). The number of anilines is 1. The molecule has 4 aliphatic heterocycles. The fourth-order valence-electron chi connectivity index (χ4n) is 8.53. The third-order valence-corrected chi connectivity index (χ3v) is 11.9. The molecule has 1 aromatic carbocycles. The SMILES string of the molecule is CC[C@@H]1CCCCN1CCN1C(=O)[C@@H]2[C@H](C(=O)Nc3cccc(SC)c3)[C@@H]3C=C[C@@]2(O3)[C@@H]1C(=O)N[C@@H]1CCC[C@H](C)[C@@H]1C. The monoisotopic (exact) mass is 608 g/mol. The van der Waals surface area contributed by atoms with E-state index in [1.807, 2.05) is 42.7 Å². The topological polar surface area (TPSA) is 91.0 Å². The van der Waals surface area contributed by atoms with Crippen molar-refractivity contribution in [1.82, 2.24) is 15.1 Å². The lowest BCUT2D eigenvalue weighted by atomic mass is 9.73. The van der Waals surface area contributed by atoms with Crippen LogP contribution in [0.15, 0.2) is 41.3 Å². The molecule has 234 valence electrons. The average molecular weight is 609 g/mol. The Morgan fingerprint density at radius 1 is 1.09 bits per heavy atom. The Balaban J connectivity index is 1.28. The molecule has 3 saturated heterocycles. The van der Waals surface area contributed by atoms with Gasteiger partial charge in [-0.25, -0.2) is 0 Å². The predicted octanol–water partition coefficient (Wildman–Crippen LogP) is 4.70. The summed E-state index contributed by atoms with van der Waals surface area (Å²) in [5.74, 6) is -1.04. The maximum Gasteiger partial charge on any atom is 0.246 e. The van der Waals surface area contributed by atoms with E-state index in [9.17, 15) is 14.4 Å². The van der Waals surface area contributed by atoms with E-state index < -0.39 is 29.6 Å². The van der Waals surface area contributed by atoms with Gasteiger partial charge in [-0.2, -0.15) is 0 Å². The first-order valence-corrected chi connectivity index (χ1v) is 17.7. The standard InChI is InChI=1S/C34H48N4O4S/c1-5-24-12-6-7-17-37(24)18-19-38-30(32(40)36-26-14-8-10-21(2)22(26)3)34-16-15-27(42-34)28(29(34)33(38)41)31(39)35-23-11-9-13-25(20-23)43-4/h9,11,13,15-16,20-22,24,26-30H,5-8,10,12,14,17-19H2,1-4H3,(H,35,39)(H,36,40)/t21-,22-,24+,26+,27-,28+,29-,30-,34-/m0/s1. The van der Waals surface area contributed by atoms with E-state index in [1.165, 1.54) is 19.3 Å². The number of carbonyl (C=O) groups excluding carboxylic acids is 3. The molecule has 8 nitrogen and oxygen atoms in total. The van der Waals surface area contributed by atoms with Crippen LogP contribution in [0.1, 0.15) is 65.7 Å². The van der Waals surface area contributed by atoms with Crippen LogP contribution in [0.5, 0.6) is 0 Å². The van der Waals surface area contributed by atoms with Crippen molar-refractivity contribution >= 4 is 35.2 Å². The van der Waals surface area contributed by atoms with E-state index in [0.717, 1.165) is 43.7 Å². The van der Waals surface area contributed by atoms with Crippen LogP contribution in [-0.4, -0.2) is 83.2 Å². The Morgan fingerprint density at radius 2 is 1.93 bits per heavy atom. The summed E-state index contributed by atoms with van der Waals surface area (Å²) in [7, 11) is 0. The van der Waals surface area contributed by atoms with Crippen molar-refractivity contribution in [3.63, 3.8) is 0 Å². The number of piperidine rings is 1. The number of amides is 3. The van der Waals surface area contributed by atoms with Crippen LogP contribution in [-0.2, 0) is 19.1 Å². The highest BCUT2D eigenvalue weighted by Crippen LogP contribution is 2.55. The highest BCUT2D eigenvalue weighted by Gasteiger charge is 2.72. The number of nitrogens with one attached hydrogen (secondary N) is 2. The zero-order valence-corrected chi connectivity index (χ0v) is 26.9. The lowest BCUT2D eigenvalue weighted by molar-refractivity contribution is -0.142. The minimum absolute atomic E-state index is 0.0700. The minimum Gasteiger partial charge on any atom is -0.359 e.